The molecule has 0 atom stereocenters. The Hall–Kier alpha value is -2.92. The molecule has 0 radical (unpaired) electrons. The van der Waals surface area contributed by atoms with Gasteiger partial charge in [-0.2, -0.15) is 0 Å². The second-order valence-corrected chi connectivity index (χ2v) is 8.40. The minimum Gasteiger partial charge on any atom is -0.289 e. The van der Waals surface area contributed by atoms with Gasteiger partial charge in [0.1, 0.15) is 0 Å². The Morgan fingerprint density at radius 2 is 1.26 bits per heavy atom. The molecule has 0 saturated carbocycles. The van der Waals surface area contributed by atoms with Gasteiger partial charge in [0.05, 0.1) is 15.8 Å². The van der Waals surface area contributed by atoms with Crippen LogP contribution in [0.15, 0.2) is 82.6 Å². The number of nitro benzene ring substituents is 1. The average molecular weight is 378 g/mol. The summed E-state index contributed by atoms with van der Waals surface area (Å²) in [5.74, 6) is 0.318. The molecule has 3 aromatic rings. The second-order valence-electron chi connectivity index (χ2n) is 6.39. The van der Waals surface area contributed by atoms with E-state index in [2.05, 4.69) is 48.5 Å². The fraction of sp³-hybridized carbons (Fsp3) is 0.136. The van der Waals surface area contributed by atoms with Crippen molar-refractivity contribution in [3.05, 3.63) is 99.6 Å². The normalized spacial score (nSPS) is 10.8. The Labute approximate surface area is 161 Å². The van der Waals surface area contributed by atoms with Crippen molar-refractivity contribution in [1.29, 1.82) is 0 Å². The van der Waals surface area contributed by atoms with Crippen LogP contribution in [0, 0.1) is 24.0 Å². The highest BCUT2D eigenvalue weighted by molar-refractivity contribution is 7.97. The molecule has 0 fully saturated rings. The monoisotopic (exact) mass is 378 g/mol. The SMILES string of the molecule is Cc1ccc([S+](CC(=O)c2ccc([N+](=O)[O-])cc2)c2ccc(C)cc2)cc1. The maximum Gasteiger partial charge on any atom is 0.269 e. The van der Waals surface area contributed by atoms with E-state index in [1.165, 1.54) is 35.4 Å². The number of nitro groups is 1. The zero-order valence-electron chi connectivity index (χ0n) is 15.2. The molecule has 0 amide bonds. The first-order valence-electron chi connectivity index (χ1n) is 8.56. The lowest BCUT2D eigenvalue weighted by Crippen LogP contribution is -2.17. The molecule has 0 spiro atoms. The minimum absolute atomic E-state index is 0.0115. The van der Waals surface area contributed by atoms with Crippen molar-refractivity contribution in [2.75, 3.05) is 5.75 Å². The summed E-state index contributed by atoms with van der Waals surface area (Å²) in [6.45, 7) is 4.08. The fourth-order valence-electron chi connectivity index (χ4n) is 2.69. The number of ketones is 1. The predicted octanol–water partition coefficient (Wildman–Crippen LogP) is 5.13. The third-order valence-electron chi connectivity index (χ3n) is 4.29. The number of carbonyl (C=O) groups excluding carboxylic acids is 1. The molecule has 0 saturated heterocycles. The van der Waals surface area contributed by atoms with E-state index in [1.54, 1.807) is 0 Å². The van der Waals surface area contributed by atoms with Crippen LogP contribution in [-0.2, 0) is 10.9 Å². The van der Waals surface area contributed by atoms with E-state index >= 15 is 0 Å². The van der Waals surface area contributed by atoms with Crippen LogP contribution >= 0.6 is 0 Å². The number of non-ortho nitro benzene ring substituents is 1. The molecule has 136 valence electrons. The van der Waals surface area contributed by atoms with E-state index in [-0.39, 0.29) is 11.5 Å². The van der Waals surface area contributed by atoms with Gasteiger partial charge < -0.3 is 0 Å². The number of hydrogen-bond donors (Lipinski definition) is 0. The van der Waals surface area contributed by atoms with Gasteiger partial charge in [-0.25, -0.2) is 0 Å². The van der Waals surface area contributed by atoms with E-state index < -0.39 is 15.8 Å². The van der Waals surface area contributed by atoms with E-state index in [0.717, 1.165) is 9.79 Å². The fourth-order valence-corrected chi connectivity index (χ4v) is 4.65. The maximum absolute atomic E-state index is 12.9. The Kier molecular flexibility index (Phi) is 5.72. The van der Waals surface area contributed by atoms with Crippen LogP contribution in [0.25, 0.3) is 0 Å². The topological polar surface area (TPSA) is 60.2 Å². The van der Waals surface area contributed by atoms with Crippen molar-refractivity contribution >= 4 is 22.4 Å². The highest BCUT2D eigenvalue weighted by atomic mass is 32.2. The number of Topliss-reactive ketones (excluding diaryl/α,β-unsaturated/α-hetero) is 1. The lowest BCUT2D eigenvalue weighted by molar-refractivity contribution is -0.384. The maximum atomic E-state index is 12.9. The Balaban J connectivity index is 1.90. The number of aryl methyl sites for hydroxylation is 2. The van der Waals surface area contributed by atoms with E-state index in [9.17, 15) is 14.9 Å². The van der Waals surface area contributed by atoms with Crippen LogP contribution in [0.4, 0.5) is 5.69 Å². The van der Waals surface area contributed by atoms with Crippen molar-refractivity contribution in [3.8, 4) is 0 Å². The Morgan fingerprint density at radius 1 is 0.815 bits per heavy atom. The highest BCUT2D eigenvalue weighted by Crippen LogP contribution is 2.26. The summed E-state index contributed by atoms with van der Waals surface area (Å²) in [5.41, 5.74) is 2.83. The molecule has 5 heteroatoms. The molecule has 27 heavy (non-hydrogen) atoms. The second kappa shape index (κ2) is 8.18. The largest absolute Gasteiger partial charge is 0.289 e. The van der Waals surface area contributed by atoms with Crippen molar-refractivity contribution in [2.45, 2.75) is 23.6 Å². The molecule has 3 rings (SSSR count). The third kappa shape index (κ3) is 4.63. The quantitative estimate of drug-likeness (QED) is 0.258. The summed E-state index contributed by atoms with van der Waals surface area (Å²) in [6.07, 6.45) is 0. The van der Waals surface area contributed by atoms with Gasteiger partial charge in [0.2, 0.25) is 5.78 Å². The van der Waals surface area contributed by atoms with Crippen LogP contribution in [-0.4, -0.2) is 16.5 Å². The first kappa shape index (κ1) is 18.9. The third-order valence-corrected chi connectivity index (χ3v) is 6.52. The summed E-state index contributed by atoms with van der Waals surface area (Å²) in [5, 5.41) is 10.8. The summed E-state index contributed by atoms with van der Waals surface area (Å²) in [4.78, 5) is 25.4. The number of hydrogen-bond acceptors (Lipinski definition) is 3. The van der Waals surface area contributed by atoms with Crippen molar-refractivity contribution in [2.24, 2.45) is 0 Å². The summed E-state index contributed by atoms with van der Waals surface area (Å²) in [6, 6.07) is 22.3. The van der Waals surface area contributed by atoms with Crippen molar-refractivity contribution < 1.29 is 9.72 Å². The Bertz CT molecular complexity index is 903. The van der Waals surface area contributed by atoms with E-state index in [4.69, 9.17) is 0 Å². The van der Waals surface area contributed by atoms with Crippen LogP contribution in [0.5, 0.6) is 0 Å². The molecule has 0 aromatic heterocycles. The average Bonchev–Trinajstić information content (AvgIpc) is 2.67. The zero-order valence-corrected chi connectivity index (χ0v) is 16.0. The van der Waals surface area contributed by atoms with Crippen molar-refractivity contribution in [3.63, 3.8) is 0 Å². The van der Waals surface area contributed by atoms with Gasteiger partial charge >= 0.3 is 0 Å². The van der Waals surface area contributed by atoms with Crippen LogP contribution in [0.1, 0.15) is 21.5 Å². The molecule has 4 nitrogen and oxygen atoms in total. The number of nitrogens with zero attached hydrogens (tertiary/aromatic N) is 1. The highest BCUT2D eigenvalue weighted by Gasteiger charge is 2.29. The smallest absolute Gasteiger partial charge is 0.269 e. The number of rotatable bonds is 6. The number of benzene rings is 3. The Morgan fingerprint density at radius 3 is 1.67 bits per heavy atom. The lowest BCUT2D eigenvalue weighted by Gasteiger charge is -2.09. The standard InChI is InChI=1S/C22H20NO3S/c1-16-3-11-20(12-4-16)27(21-13-5-17(2)6-14-21)15-22(24)18-7-9-19(10-8-18)23(25)26/h3-14H,15H2,1-2H3/q+1. The van der Waals surface area contributed by atoms with Crippen LogP contribution in [0.3, 0.4) is 0 Å². The first-order valence-corrected chi connectivity index (χ1v) is 9.95. The molecule has 3 aromatic carbocycles. The summed E-state index contributed by atoms with van der Waals surface area (Å²) >= 11 is 0. The van der Waals surface area contributed by atoms with Gasteiger partial charge in [-0.15, -0.1) is 0 Å². The molecule has 0 unspecified atom stereocenters. The molecule has 0 bridgehead atoms. The van der Waals surface area contributed by atoms with Gasteiger partial charge in [-0.1, -0.05) is 35.4 Å². The summed E-state index contributed by atoms with van der Waals surface area (Å²) < 4.78 is 0. The van der Waals surface area contributed by atoms with Gasteiger partial charge in [-0.3, -0.25) is 14.9 Å². The van der Waals surface area contributed by atoms with Crippen LogP contribution < -0.4 is 0 Å². The zero-order chi connectivity index (χ0) is 19.4. The van der Waals surface area contributed by atoms with Gasteiger partial charge in [0, 0.05) is 17.7 Å². The van der Waals surface area contributed by atoms with Gasteiger partial charge in [0.15, 0.2) is 15.5 Å². The van der Waals surface area contributed by atoms with Gasteiger partial charge in [-0.05, 0) is 50.2 Å². The molecule has 0 N–H and O–H groups in total. The van der Waals surface area contributed by atoms with E-state index in [1.807, 2.05) is 13.8 Å². The van der Waals surface area contributed by atoms with E-state index in [0.29, 0.717) is 11.3 Å². The molecule has 0 aliphatic rings. The van der Waals surface area contributed by atoms with Gasteiger partial charge in [0.25, 0.3) is 5.69 Å². The number of carbonyl (C=O) groups is 1. The van der Waals surface area contributed by atoms with Crippen LogP contribution in [0.2, 0.25) is 0 Å². The van der Waals surface area contributed by atoms with Crippen molar-refractivity contribution in [1.82, 2.24) is 0 Å². The summed E-state index contributed by atoms with van der Waals surface area (Å²) in [7, 11) is -0.396. The molecule has 0 aliphatic carbocycles. The lowest BCUT2D eigenvalue weighted by atomic mass is 10.1. The molecular formula is C22H20NO3S+. The first-order chi connectivity index (χ1) is 12.9. The minimum atomic E-state index is -0.461. The molecular weight excluding hydrogens is 358 g/mol. The molecule has 0 heterocycles. The predicted molar refractivity (Wildman–Crippen MR) is 109 cm³/mol. The molecule has 0 aliphatic heterocycles.